The molecule has 6 heterocycles. The van der Waals surface area contributed by atoms with Crippen LogP contribution in [0.1, 0.15) is 35.8 Å². The van der Waals surface area contributed by atoms with Crippen molar-refractivity contribution in [1.82, 2.24) is 29.5 Å². The van der Waals surface area contributed by atoms with Gasteiger partial charge in [0.15, 0.2) is 0 Å². The Morgan fingerprint density at radius 1 is 1.21 bits per heavy atom. The van der Waals surface area contributed by atoms with Crippen LogP contribution in [0, 0.1) is 25.6 Å². The maximum Gasteiger partial charge on any atom is 0.146 e. The molecule has 7 nitrogen and oxygen atoms in total. The van der Waals surface area contributed by atoms with Gasteiger partial charge in [-0.15, -0.1) is 16.4 Å². The molecule has 34 heavy (non-hydrogen) atoms. The van der Waals surface area contributed by atoms with Gasteiger partial charge in [0.25, 0.3) is 0 Å². The smallest absolute Gasteiger partial charge is 0.146 e. The second kappa shape index (κ2) is 8.25. The lowest BCUT2D eigenvalue weighted by Crippen LogP contribution is -2.28. The molecule has 0 radical (unpaired) electrons. The first-order valence-electron chi connectivity index (χ1n) is 11.5. The van der Waals surface area contributed by atoms with E-state index in [4.69, 9.17) is 9.72 Å². The first-order chi connectivity index (χ1) is 16.5. The molecule has 6 rings (SSSR count). The maximum atomic E-state index is 15.3. The average Bonchev–Trinajstić information content (AvgIpc) is 3.49. The number of pyridine rings is 2. The summed E-state index contributed by atoms with van der Waals surface area (Å²) in [5, 5.41) is 10.5. The van der Waals surface area contributed by atoms with Crippen LogP contribution in [0.25, 0.3) is 32.5 Å². The summed E-state index contributed by atoms with van der Waals surface area (Å²) in [7, 11) is 1.88. The minimum Gasteiger partial charge on any atom is -0.381 e. The third kappa shape index (κ3) is 3.25. The topological polar surface area (TPSA) is 70.7 Å². The van der Waals surface area contributed by atoms with Gasteiger partial charge in [-0.2, -0.15) is 0 Å². The van der Waals surface area contributed by atoms with Crippen molar-refractivity contribution in [3.63, 3.8) is 0 Å². The highest BCUT2D eigenvalue weighted by molar-refractivity contribution is 7.18. The lowest BCUT2D eigenvalue weighted by atomic mass is 9.88. The van der Waals surface area contributed by atoms with Crippen LogP contribution >= 0.6 is 11.3 Å². The van der Waals surface area contributed by atoms with Crippen LogP contribution < -0.4 is 0 Å². The normalized spacial score (nSPS) is 16.0. The fourth-order valence-electron chi connectivity index (χ4n) is 5.32. The Labute approximate surface area is 200 Å². The van der Waals surface area contributed by atoms with Gasteiger partial charge in [0.05, 0.1) is 38.9 Å². The summed E-state index contributed by atoms with van der Waals surface area (Å²) in [6, 6.07) is 5.04. The number of rotatable bonds is 4. The molecule has 0 aliphatic carbocycles. The number of ether oxygens (including phenoxy) is 1. The van der Waals surface area contributed by atoms with Crippen molar-refractivity contribution in [2.24, 2.45) is 13.0 Å². The maximum absolute atomic E-state index is 15.3. The Morgan fingerprint density at radius 2 is 2.03 bits per heavy atom. The van der Waals surface area contributed by atoms with Crippen LogP contribution in [-0.2, 0) is 11.8 Å². The SMILES string of the molecule is Cc1nnn(C)c1-c1cnc2c3scc(C)c3n(C(c3ncccc3F)C3CCOCC3)c2c1. The molecule has 0 amide bonds. The molecule has 1 atom stereocenters. The van der Waals surface area contributed by atoms with Crippen molar-refractivity contribution >= 4 is 32.6 Å². The fraction of sp³-hybridized carbons (Fsp3) is 0.360. The van der Waals surface area contributed by atoms with E-state index in [-0.39, 0.29) is 17.8 Å². The summed E-state index contributed by atoms with van der Waals surface area (Å²) < 4.78 is 26.1. The summed E-state index contributed by atoms with van der Waals surface area (Å²) in [5.41, 5.74) is 7.35. The molecule has 5 aromatic heterocycles. The summed E-state index contributed by atoms with van der Waals surface area (Å²) in [6.45, 7) is 5.40. The largest absolute Gasteiger partial charge is 0.381 e. The number of nitrogens with zero attached hydrogens (tertiary/aromatic N) is 6. The van der Waals surface area contributed by atoms with Crippen molar-refractivity contribution in [3.05, 3.63) is 58.7 Å². The zero-order valence-corrected chi connectivity index (χ0v) is 20.1. The van der Waals surface area contributed by atoms with E-state index in [0.717, 1.165) is 56.6 Å². The molecule has 1 saturated heterocycles. The molecule has 1 aliphatic rings. The molecule has 1 aliphatic heterocycles. The van der Waals surface area contributed by atoms with Crippen LogP contribution in [0.2, 0.25) is 0 Å². The summed E-state index contributed by atoms with van der Waals surface area (Å²) in [6.07, 6.45) is 5.27. The Kier molecular flexibility index (Phi) is 5.18. The van der Waals surface area contributed by atoms with Crippen molar-refractivity contribution in [3.8, 4) is 11.3 Å². The predicted octanol–water partition coefficient (Wildman–Crippen LogP) is 5.21. The Balaban J connectivity index is 1.68. The summed E-state index contributed by atoms with van der Waals surface area (Å²) in [5.74, 6) is -0.0855. The predicted molar refractivity (Wildman–Crippen MR) is 130 cm³/mol. The van der Waals surface area contributed by atoms with E-state index in [9.17, 15) is 0 Å². The minimum absolute atomic E-state index is 0.194. The second-order valence-electron chi connectivity index (χ2n) is 8.97. The van der Waals surface area contributed by atoms with Crippen LogP contribution in [0.4, 0.5) is 4.39 Å². The average molecular weight is 477 g/mol. The lowest BCUT2D eigenvalue weighted by molar-refractivity contribution is 0.0543. The molecule has 0 spiro atoms. The van der Waals surface area contributed by atoms with E-state index in [2.05, 4.69) is 38.2 Å². The molecule has 0 saturated carbocycles. The summed E-state index contributed by atoms with van der Waals surface area (Å²) >= 11 is 1.69. The van der Waals surface area contributed by atoms with Crippen LogP contribution in [0.5, 0.6) is 0 Å². The van der Waals surface area contributed by atoms with Gasteiger partial charge >= 0.3 is 0 Å². The van der Waals surface area contributed by atoms with Gasteiger partial charge in [0, 0.05) is 38.2 Å². The Hall–Kier alpha value is -3.17. The third-order valence-electron chi connectivity index (χ3n) is 6.85. The van der Waals surface area contributed by atoms with Crippen molar-refractivity contribution in [1.29, 1.82) is 0 Å². The fourth-order valence-corrected chi connectivity index (χ4v) is 6.36. The highest BCUT2D eigenvalue weighted by atomic mass is 32.1. The van der Waals surface area contributed by atoms with Gasteiger partial charge in [0.1, 0.15) is 11.3 Å². The molecule has 0 aromatic carbocycles. The number of aromatic nitrogens is 6. The zero-order chi connectivity index (χ0) is 23.4. The number of aryl methyl sites for hydroxylation is 3. The molecular weight excluding hydrogens is 451 g/mol. The van der Waals surface area contributed by atoms with E-state index in [1.54, 1.807) is 28.3 Å². The van der Waals surface area contributed by atoms with E-state index in [1.165, 1.54) is 6.07 Å². The van der Waals surface area contributed by atoms with Gasteiger partial charge in [-0.3, -0.25) is 9.97 Å². The number of halogens is 1. The van der Waals surface area contributed by atoms with E-state index in [1.807, 2.05) is 20.2 Å². The Morgan fingerprint density at radius 3 is 2.76 bits per heavy atom. The lowest BCUT2D eigenvalue weighted by Gasteiger charge is -2.32. The number of fused-ring (bicyclic) bond motifs is 3. The van der Waals surface area contributed by atoms with Crippen molar-refractivity contribution in [2.75, 3.05) is 13.2 Å². The molecule has 1 fully saturated rings. The number of hydrogen-bond donors (Lipinski definition) is 0. The molecule has 9 heteroatoms. The highest BCUT2D eigenvalue weighted by Gasteiger charge is 2.33. The molecule has 0 N–H and O–H groups in total. The van der Waals surface area contributed by atoms with Crippen LogP contribution in [0.3, 0.4) is 0 Å². The standard InChI is InChI=1S/C25H25FN6OS/c1-14-13-34-25-21-19(11-17(12-28-21)23-15(2)29-30-31(23)3)32(22(14)25)24(16-6-9-33-10-7-16)20-18(26)5-4-8-27-20/h4-5,8,11-13,16,24H,6-7,9-10H2,1-3H3. The first-order valence-corrected chi connectivity index (χ1v) is 12.3. The molecule has 0 bridgehead atoms. The van der Waals surface area contributed by atoms with E-state index in [0.29, 0.717) is 18.9 Å². The van der Waals surface area contributed by atoms with Crippen LogP contribution in [0.15, 0.2) is 36.0 Å². The zero-order valence-electron chi connectivity index (χ0n) is 19.3. The van der Waals surface area contributed by atoms with Gasteiger partial charge in [0.2, 0.25) is 0 Å². The van der Waals surface area contributed by atoms with E-state index >= 15 is 4.39 Å². The molecule has 1 unspecified atom stereocenters. The monoisotopic (exact) mass is 476 g/mol. The van der Waals surface area contributed by atoms with Crippen molar-refractivity contribution in [2.45, 2.75) is 32.7 Å². The van der Waals surface area contributed by atoms with Gasteiger partial charge < -0.3 is 9.30 Å². The Bertz CT molecular complexity index is 1490. The second-order valence-corrected chi connectivity index (χ2v) is 9.85. The summed E-state index contributed by atoms with van der Waals surface area (Å²) in [4.78, 5) is 9.47. The van der Waals surface area contributed by atoms with Crippen LogP contribution in [-0.4, -0.2) is 42.7 Å². The number of hydrogen-bond acceptors (Lipinski definition) is 6. The van der Waals surface area contributed by atoms with Gasteiger partial charge in [-0.05, 0) is 61.7 Å². The first kappa shape index (κ1) is 21.4. The van der Waals surface area contributed by atoms with Gasteiger partial charge in [-0.1, -0.05) is 5.21 Å². The molecular formula is C25H25FN6OS. The van der Waals surface area contributed by atoms with Crippen molar-refractivity contribution < 1.29 is 9.13 Å². The quantitative estimate of drug-likeness (QED) is 0.356. The minimum atomic E-state index is -0.280. The third-order valence-corrected chi connectivity index (χ3v) is 7.95. The number of thiophene rings is 1. The van der Waals surface area contributed by atoms with E-state index < -0.39 is 0 Å². The molecule has 5 aromatic rings. The van der Waals surface area contributed by atoms with Gasteiger partial charge in [-0.25, -0.2) is 9.07 Å². The highest BCUT2D eigenvalue weighted by Crippen LogP contribution is 2.43. The molecule has 174 valence electrons.